The Bertz CT molecular complexity index is 728. The second-order valence-corrected chi connectivity index (χ2v) is 5.53. The van der Waals surface area contributed by atoms with Crippen LogP contribution in [0.3, 0.4) is 0 Å². The van der Waals surface area contributed by atoms with Crippen molar-refractivity contribution in [1.29, 1.82) is 0 Å². The number of hydrogen-bond acceptors (Lipinski definition) is 3. The Morgan fingerprint density at radius 3 is 2.65 bits per heavy atom. The molecule has 0 radical (unpaired) electrons. The van der Waals surface area contributed by atoms with Crippen molar-refractivity contribution in [1.82, 2.24) is 9.55 Å². The zero-order valence-electron chi connectivity index (χ0n) is 12.0. The second kappa shape index (κ2) is 5.25. The monoisotopic (exact) mass is 276 g/mol. The summed E-state index contributed by atoms with van der Waals surface area (Å²) in [5.74, 6) is -0.0136. The third-order valence-corrected chi connectivity index (χ3v) is 4.04. The average Bonchev–Trinajstić information content (AvgIpc) is 2.42. The smallest absolute Gasteiger partial charge is 0.328 e. The molecule has 1 aromatic carbocycles. The summed E-state index contributed by atoms with van der Waals surface area (Å²) in [5, 5.41) is 10.9. The number of hydrogen-bond donors (Lipinski definition) is 2. The predicted octanol–water partition coefficient (Wildman–Crippen LogP) is 1.49. The topological polar surface area (TPSA) is 75.1 Å². The molecule has 0 aliphatic heterocycles. The van der Waals surface area contributed by atoms with Crippen molar-refractivity contribution in [2.45, 2.75) is 39.3 Å². The SMILES string of the molecule is CCC(C)C(C)(O)Cn1c(=O)[nH]c2ccccc2c1=O. The van der Waals surface area contributed by atoms with Crippen LogP contribution in [0, 0.1) is 5.92 Å². The highest BCUT2D eigenvalue weighted by atomic mass is 16.3. The fourth-order valence-electron chi connectivity index (χ4n) is 2.26. The lowest BCUT2D eigenvalue weighted by molar-refractivity contribution is -0.0127. The van der Waals surface area contributed by atoms with Crippen LogP contribution in [-0.2, 0) is 6.54 Å². The summed E-state index contributed by atoms with van der Waals surface area (Å²) >= 11 is 0. The van der Waals surface area contributed by atoms with Gasteiger partial charge >= 0.3 is 5.69 Å². The maximum atomic E-state index is 12.4. The van der Waals surface area contributed by atoms with Gasteiger partial charge in [-0.15, -0.1) is 0 Å². The number of rotatable bonds is 4. The van der Waals surface area contributed by atoms with Crippen molar-refractivity contribution in [3.8, 4) is 0 Å². The van der Waals surface area contributed by atoms with E-state index >= 15 is 0 Å². The van der Waals surface area contributed by atoms with E-state index in [2.05, 4.69) is 4.98 Å². The van der Waals surface area contributed by atoms with Gasteiger partial charge in [0.2, 0.25) is 0 Å². The van der Waals surface area contributed by atoms with Gasteiger partial charge in [-0.05, 0) is 25.0 Å². The molecular formula is C15H20N2O3. The molecule has 2 unspecified atom stereocenters. The van der Waals surface area contributed by atoms with Crippen molar-refractivity contribution in [2.24, 2.45) is 5.92 Å². The summed E-state index contributed by atoms with van der Waals surface area (Å²) in [5.41, 5.74) is -1.44. The quantitative estimate of drug-likeness (QED) is 0.888. The summed E-state index contributed by atoms with van der Waals surface area (Å²) in [4.78, 5) is 27.1. The van der Waals surface area contributed by atoms with Gasteiger partial charge in [-0.1, -0.05) is 32.4 Å². The fourth-order valence-corrected chi connectivity index (χ4v) is 2.26. The number of aromatic nitrogens is 2. The number of benzene rings is 1. The van der Waals surface area contributed by atoms with Gasteiger partial charge in [0.05, 0.1) is 23.0 Å². The molecule has 2 rings (SSSR count). The molecular weight excluding hydrogens is 256 g/mol. The van der Waals surface area contributed by atoms with Crippen LogP contribution in [0.2, 0.25) is 0 Å². The maximum absolute atomic E-state index is 12.4. The highest BCUT2D eigenvalue weighted by Gasteiger charge is 2.29. The second-order valence-electron chi connectivity index (χ2n) is 5.53. The van der Waals surface area contributed by atoms with Crippen LogP contribution < -0.4 is 11.2 Å². The number of nitrogens with one attached hydrogen (secondary N) is 1. The maximum Gasteiger partial charge on any atom is 0.328 e. The number of aliphatic hydroxyl groups is 1. The summed E-state index contributed by atoms with van der Waals surface area (Å²) in [7, 11) is 0. The van der Waals surface area contributed by atoms with Crippen LogP contribution in [0.5, 0.6) is 0 Å². The van der Waals surface area contributed by atoms with E-state index in [1.54, 1.807) is 31.2 Å². The lowest BCUT2D eigenvalue weighted by Gasteiger charge is -2.29. The molecule has 2 N–H and O–H groups in total. The Morgan fingerprint density at radius 1 is 1.35 bits per heavy atom. The van der Waals surface area contributed by atoms with Gasteiger partial charge in [-0.25, -0.2) is 4.79 Å². The molecule has 0 saturated heterocycles. The highest BCUT2D eigenvalue weighted by molar-refractivity contribution is 5.76. The van der Waals surface area contributed by atoms with Crippen molar-refractivity contribution in [2.75, 3.05) is 0 Å². The summed E-state index contributed by atoms with van der Waals surface area (Å²) in [6.07, 6.45) is 0.771. The number of fused-ring (bicyclic) bond motifs is 1. The number of H-pyrrole nitrogens is 1. The van der Waals surface area contributed by atoms with Crippen molar-refractivity contribution in [3.05, 3.63) is 45.1 Å². The van der Waals surface area contributed by atoms with Crippen LogP contribution in [-0.4, -0.2) is 20.3 Å². The largest absolute Gasteiger partial charge is 0.388 e. The van der Waals surface area contributed by atoms with Crippen LogP contribution in [0.25, 0.3) is 10.9 Å². The number of aromatic amines is 1. The van der Waals surface area contributed by atoms with E-state index in [1.165, 1.54) is 0 Å². The van der Waals surface area contributed by atoms with E-state index in [0.717, 1.165) is 11.0 Å². The third kappa shape index (κ3) is 2.54. The van der Waals surface area contributed by atoms with Gasteiger partial charge < -0.3 is 10.1 Å². The molecule has 20 heavy (non-hydrogen) atoms. The molecule has 0 aliphatic carbocycles. The first kappa shape index (κ1) is 14.5. The molecule has 0 spiro atoms. The van der Waals surface area contributed by atoms with Crippen molar-refractivity contribution >= 4 is 10.9 Å². The van der Waals surface area contributed by atoms with E-state index in [9.17, 15) is 14.7 Å². The Labute approximate surface area is 116 Å². The van der Waals surface area contributed by atoms with Gasteiger partial charge in [0, 0.05) is 0 Å². The third-order valence-electron chi connectivity index (χ3n) is 4.04. The molecule has 2 aromatic rings. The van der Waals surface area contributed by atoms with E-state index in [-0.39, 0.29) is 18.0 Å². The van der Waals surface area contributed by atoms with E-state index < -0.39 is 11.3 Å². The summed E-state index contributed by atoms with van der Waals surface area (Å²) in [6, 6.07) is 6.87. The molecule has 0 aliphatic rings. The molecule has 5 heteroatoms. The average molecular weight is 276 g/mol. The van der Waals surface area contributed by atoms with Crippen molar-refractivity contribution < 1.29 is 5.11 Å². The normalized spacial score (nSPS) is 16.0. The van der Waals surface area contributed by atoms with Crippen LogP contribution in [0.4, 0.5) is 0 Å². The lowest BCUT2D eigenvalue weighted by atomic mass is 9.88. The Balaban J connectivity index is 2.56. The van der Waals surface area contributed by atoms with Crippen LogP contribution in [0.15, 0.2) is 33.9 Å². The van der Waals surface area contributed by atoms with E-state index in [4.69, 9.17) is 0 Å². The molecule has 0 fully saturated rings. The lowest BCUT2D eigenvalue weighted by Crippen LogP contribution is -2.46. The molecule has 0 bridgehead atoms. The first-order valence-corrected chi connectivity index (χ1v) is 6.81. The Kier molecular flexibility index (Phi) is 3.81. The van der Waals surface area contributed by atoms with Gasteiger partial charge in [-0.2, -0.15) is 0 Å². The molecule has 108 valence electrons. The highest BCUT2D eigenvalue weighted by Crippen LogP contribution is 2.21. The Hall–Kier alpha value is -1.88. The molecule has 0 amide bonds. The number of nitrogens with zero attached hydrogens (tertiary/aromatic N) is 1. The zero-order chi connectivity index (χ0) is 14.9. The van der Waals surface area contributed by atoms with Gasteiger partial charge in [-0.3, -0.25) is 9.36 Å². The fraction of sp³-hybridized carbons (Fsp3) is 0.467. The minimum atomic E-state index is -1.10. The molecule has 5 nitrogen and oxygen atoms in total. The van der Waals surface area contributed by atoms with Gasteiger partial charge in [0.25, 0.3) is 5.56 Å². The minimum absolute atomic E-state index is 0.0129. The van der Waals surface area contributed by atoms with Crippen molar-refractivity contribution in [3.63, 3.8) is 0 Å². The molecule has 1 heterocycles. The first-order valence-electron chi connectivity index (χ1n) is 6.81. The zero-order valence-corrected chi connectivity index (χ0v) is 12.0. The summed E-state index contributed by atoms with van der Waals surface area (Å²) in [6.45, 7) is 5.51. The van der Waals surface area contributed by atoms with Gasteiger partial charge in [0.15, 0.2) is 0 Å². The molecule has 0 saturated carbocycles. The standard InChI is InChI=1S/C15H20N2O3/c1-4-10(2)15(3,20)9-17-13(18)11-7-5-6-8-12(11)16-14(17)19/h5-8,10,20H,4,9H2,1-3H3,(H,16,19). The first-order chi connectivity index (χ1) is 9.36. The predicted molar refractivity (Wildman–Crippen MR) is 78.9 cm³/mol. The van der Waals surface area contributed by atoms with E-state index in [0.29, 0.717) is 10.9 Å². The van der Waals surface area contributed by atoms with Crippen LogP contribution in [0.1, 0.15) is 27.2 Å². The molecule has 1 aromatic heterocycles. The number of para-hydroxylation sites is 1. The Morgan fingerprint density at radius 2 is 2.00 bits per heavy atom. The van der Waals surface area contributed by atoms with Gasteiger partial charge in [0.1, 0.15) is 0 Å². The minimum Gasteiger partial charge on any atom is -0.388 e. The molecule has 2 atom stereocenters. The summed E-state index contributed by atoms with van der Waals surface area (Å²) < 4.78 is 1.08. The van der Waals surface area contributed by atoms with Crippen LogP contribution >= 0.6 is 0 Å². The van der Waals surface area contributed by atoms with E-state index in [1.807, 2.05) is 13.8 Å².